The molecule has 2 rings (SSSR count). The molecule has 1 aromatic rings. The van der Waals surface area contributed by atoms with E-state index in [1.54, 1.807) is 0 Å². The Morgan fingerprint density at radius 2 is 2.22 bits per heavy atom. The van der Waals surface area contributed by atoms with Crippen molar-refractivity contribution in [2.24, 2.45) is 0 Å². The van der Waals surface area contributed by atoms with E-state index >= 15 is 0 Å². The summed E-state index contributed by atoms with van der Waals surface area (Å²) in [5.41, 5.74) is 1.73. The SMILES string of the molecule is Cc1c(Cl)cccc1NC(=O)C1CCCCN1C. The predicted octanol–water partition coefficient (Wildman–Crippen LogP) is 3.07. The number of likely N-dealkylation sites (N-methyl/N-ethyl adjacent to an activating group) is 1. The summed E-state index contributed by atoms with van der Waals surface area (Å²) in [4.78, 5) is 14.4. The highest BCUT2D eigenvalue weighted by atomic mass is 35.5. The molecule has 1 fully saturated rings. The Morgan fingerprint density at radius 1 is 1.44 bits per heavy atom. The number of nitrogens with one attached hydrogen (secondary N) is 1. The molecule has 1 aliphatic heterocycles. The number of likely N-dealkylation sites (tertiary alicyclic amines) is 1. The van der Waals surface area contributed by atoms with E-state index < -0.39 is 0 Å². The number of hydrogen-bond acceptors (Lipinski definition) is 2. The number of carbonyl (C=O) groups excluding carboxylic acids is 1. The normalized spacial score (nSPS) is 20.7. The molecule has 0 radical (unpaired) electrons. The zero-order valence-electron chi connectivity index (χ0n) is 10.9. The fourth-order valence-electron chi connectivity index (χ4n) is 2.37. The first-order valence-electron chi connectivity index (χ1n) is 6.36. The van der Waals surface area contributed by atoms with E-state index in [2.05, 4.69) is 10.2 Å². The zero-order valence-corrected chi connectivity index (χ0v) is 11.6. The fraction of sp³-hybridized carbons (Fsp3) is 0.500. The second kappa shape index (κ2) is 5.72. The summed E-state index contributed by atoms with van der Waals surface area (Å²) in [6.45, 7) is 2.91. The largest absolute Gasteiger partial charge is 0.324 e. The molecule has 3 nitrogen and oxygen atoms in total. The van der Waals surface area contributed by atoms with Crippen LogP contribution in [0, 0.1) is 6.92 Å². The molecule has 1 amide bonds. The molecule has 0 spiro atoms. The second-order valence-corrected chi connectivity index (χ2v) is 5.30. The Morgan fingerprint density at radius 3 is 2.94 bits per heavy atom. The van der Waals surface area contributed by atoms with Gasteiger partial charge < -0.3 is 5.32 Å². The van der Waals surface area contributed by atoms with Crippen molar-refractivity contribution in [3.8, 4) is 0 Å². The average molecular weight is 267 g/mol. The first kappa shape index (κ1) is 13.4. The molecular formula is C14H19ClN2O. The van der Waals surface area contributed by atoms with Gasteiger partial charge in [-0.25, -0.2) is 0 Å². The van der Waals surface area contributed by atoms with Crippen molar-refractivity contribution in [3.05, 3.63) is 28.8 Å². The van der Waals surface area contributed by atoms with Gasteiger partial charge in [0.2, 0.25) is 5.91 Å². The molecular weight excluding hydrogens is 248 g/mol. The lowest BCUT2D eigenvalue weighted by Crippen LogP contribution is -2.44. The molecule has 0 saturated carbocycles. The van der Waals surface area contributed by atoms with Crippen LogP contribution in [0.2, 0.25) is 5.02 Å². The van der Waals surface area contributed by atoms with Crippen molar-refractivity contribution in [2.75, 3.05) is 18.9 Å². The van der Waals surface area contributed by atoms with E-state index in [0.717, 1.165) is 30.6 Å². The van der Waals surface area contributed by atoms with Crippen molar-refractivity contribution >= 4 is 23.2 Å². The van der Waals surface area contributed by atoms with Gasteiger partial charge in [0.1, 0.15) is 0 Å². The molecule has 0 bridgehead atoms. The summed E-state index contributed by atoms with van der Waals surface area (Å²) in [7, 11) is 2.01. The maximum absolute atomic E-state index is 12.2. The zero-order chi connectivity index (χ0) is 13.1. The van der Waals surface area contributed by atoms with Crippen LogP contribution < -0.4 is 5.32 Å². The molecule has 1 heterocycles. The molecule has 0 aromatic heterocycles. The van der Waals surface area contributed by atoms with Crippen molar-refractivity contribution in [2.45, 2.75) is 32.2 Å². The van der Waals surface area contributed by atoms with Crippen LogP contribution in [0.4, 0.5) is 5.69 Å². The van der Waals surface area contributed by atoms with Gasteiger partial charge in [0.25, 0.3) is 0 Å². The Labute approximate surface area is 113 Å². The number of hydrogen-bond donors (Lipinski definition) is 1. The van der Waals surface area contributed by atoms with E-state index in [4.69, 9.17) is 11.6 Å². The molecule has 1 unspecified atom stereocenters. The van der Waals surface area contributed by atoms with E-state index in [-0.39, 0.29) is 11.9 Å². The third-order valence-electron chi connectivity index (χ3n) is 3.60. The molecule has 1 atom stereocenters. The maximum Gasteiger partial charge on any atom is 0.241 e. The first-order valence-corrected chi connectivity index (χ1v) is 6.73. The van der Waals surface area contributed by atoms with Crippen LogP contribution in [-0.2, 0) is 4.79 Å². The van der Waals surface area contributed by atoms with Gasteiger partial charge in [-0.2, -0.15) is 0 Å². The van der Waals surface area contributed by atoms with Crippen molar-refractivity contribution in [1.29, 1.82) is 0 Å². The highest BCUT2D eigenvalue weighted by molar-refractivity contribution is 6.31. The summed E-state index contributed by atoms with van der Waals surface area (Å²) in [5.74, 6) is 0.0718. The van der Waals surface area contributed by atoms with Gasteiger partial charge in [-0.05, 0) is 51.1 Å². The highest BCUT2D eigenvalue weighted by Gasteiger charge is 2.26. The number of amides is 1. The summed E-state index contributed by atoms with van der Waals surface area (Å²) < 4.78 is 0. The van der Waals surface area contributed by atoms with Gasteiger partial charge in [-0.1, -0.05) is 24.1 Å². The first-order chi connectivity index (χ1) is 8.59. The molecule has 1 aliphatic rings. The molecule has 1 saturated heterocycles. The fourth-order valence-corrected chi connectivity index (χ4v) is 2.54. The molecule has 1 N–H and O–H groups in total. The van der Waals surface area contributed by atoms with Crippen molar-refractivity contribution < 1.29 is 4.79 Å². The maximum atomic E-state index is 12.2. The second-order valence-electron chi connectivity index (χ2n) is 4.89. The van der Waals surface area contributed by atoms with Crippen LogP contribution in [0.15, 0.2) is 18.2 Å². The Bertz CT molecular complexity index is 447. The Balaban J connectivity index is 2.09. The minimum atomic E-state index is -0.0165. The summed E-state index contributed by atoms with van der Waals surface area (Å²) in [6, 6.07) is 5.56. The minimum Gasteiger partial charge on any atom is -0.324 e. The molecule has 98 valence electrons. The van der Waals surface area contributed by atoms with Crippen LogP contribution in [0.25, 0.3) is 0 Å². The van der Waals surface area contributed by atoms with Crippen LogP contribution in [-0.4, -0.2) is 30.4 Å². The van der Waals surface area contributed by atoms with E-state index in [0.29, 0.717) is 5.02 Å². The van der Waals surface area contributed by atoms with Crippen LogP contribution in [0.5, 0.6) is 0 Å². The van der Waals surface area contributed by atoms with Crippen molar-refractivity contribution in [1.82, 2.24) is 4.90 Å². The number of rotatable bonds is 2. The molecule has 1 aromatic carbocycles. The van der Waals surface area contributed by atoms with Gasteiger partial charge in [-0.3, -0.25) is 9.69 Å². The van der Waals surface area contributed by atoms with Crippen molar-refractivity contribution in [3.63, 3.8) is 0 Å². The summed E-state index contributed by atoms with van der Waals surface area (Å²) in [6.07, 6.45) is 3.23. The molecule has 0 aliphatic carbocycles. The molecule has 18 heavy (non-hydrogen) atoms. The minimum absolute atomic E-state index is 0.0165. The van der Waals surface area contributed by atoms with Crippen LogP contribution in [0.3, 0.4) is 0 Å². The van der Waals surface area contributed by atoms with Gasteiger partial charge in [0.05, 0.1) is 6.04 Å². The number of carbonyl (C=O) groups is 1. The summed E-state index contributed by atoms with van der Waals surface area (Å²) >= 11 is 6.05. The lowest BCUT2D eigenvalue weighted by atomic mass is 10.0. The lowest BCUT2D eigenvalue weighted by molar-refractivity contribution is -0.121. The Hall–Kier alpha value is -1.06. The van der Waals surface area contributed by atoms with Crippen LogP contribution in [0.1, 0.15) is 24.8 Å². The van der Waals surface area contributed by atoms with Gasteiger partial charge in [0, 0.05) is 10.7 Å². The monoisotopic (exact) mass is 266 g/mol. The van der Waals surface area contributed by atoms with Gasteiger partial charge in [0.15, 0.2) is 0 Å². The third kappa shape index (κ3) is 2.85. The van der Waals surface area contributed by atoms with Crippen LogP contribution >= 0.6 is 11.6 Å². The Kier molecular flexibility index (Phi) is 4.25. The number of piperidine rings is 1. The summed E-state index contributed by atoms with van der Waals surface area (Å²) in [5, 5.41) is 3.67. The van der Waals surface area contributed by atoms with E-state index in [1.165, 1.54) is 6.42 Å². The highest BCUT2D eigenvalue weighted by Crippen LogP contribution is 2.24. The van der Waals surface area contributed by atoms with E-state index in [9.17, 15) is 4.79 Å². The van der Waals surface area contributed by atoms with Gasteiger partial charge >= 0.3 is 0 Å². The number of nitrogens with zero attached hydrogens (tertiary/aromatic N) is 1. The smallest absolute Gasteiger partial charge is 0.241 e. The standard InChI is InChI=1S/C14H19ClN2O/c1-10-11(15)6-5-7-12(10)16-14(18)13-8-3-4-9-17(13)2/h5-7,13H,3-4,8-9H2,1-2H3,(H,16,18). The molecule has 4 heteroatoms. The third-order valence-corrected chi connectivity index (χ3v) is 4.01. The number of halogens is 1. The van der Waals surface area contributed by atoms with E-state index in [1.807, 2.05) is 32.2 Å². The number of benzene rings is 1. The van der Waals surface area contributed by atoms with Gasteiger partial charge in [-0.15, -0.1) is 0 Å². The quantitative estimate of drug-likeness (QED) is 0.892. The topological polar surface area (TPSA) is 32.3 Å². The lowest BCUT2D eigenvalue weighted by Gasteiger charge is -2.31. The number of anilines is 1. The predicted molar refractivity (Wildman–Crippen MR) is 75.1 cm³/mol. The average Bonchev–Trinajstić information content (AvgIpc) is 2.35.